The molecule has 30 heavy (non-hydrogen) atoms. The van der Waals surface area contributed by atoms with Gasteiger partial charge in [0.25, 0.3) is 5.91 Å². The van der Waals surface area contributed by atoms with Crippen molar-refractivity contribution in [2.75, 3.05) is 26.2 Å². The van der Waals surface area contributed by atoms with Gasteiger partial charge >= 0.3 is 0 Å². The molecule has 7 nitrogen and oxygen atoms in total. The molecule has 1 aliphatic rings. The molecule has 2 aromatic heterocycles. The second kappa shape index (κ2) is 9.16. The minimum atomic E-state index is 0.0397. The minimum absolute atomic E-state index is 0.0397. The third-order valence-corrected chi connectivity index (χ3v) is 6.30. The van der Waals surface area contributed by atoms with Crippen LogP contribution in [0.5, 0.6) is 5.75 Å². The zero-order chi connectivity index (χ0) is 21.1. The normalized spacial score (nSPS) is 14.8. The van der Waals surface area contributed by atoms with Crippen molar-refractivity contribution < 1.29 is 14.1 Å². The molecule has 0 unspecified atom stereocenters. The van der Waals surface area contributed by atoms with Gasteiger partial charge < -0.3 is 14.2 Å². The van der Waals surface area contributed by atoms with Crippen LogP contribution in [0.25, 0.3) is 0 Å². The van der Waals surface area contributed by atoms with E-state index >= 15 is 0 Å². The molecule has 0 N–H and O–H groups in total. The fourth-order valence-electron chi connectivity index (χ4n) is 3.35. The molecule has 0 atom stereocenters. The third-order valence-electron chi connectivity index (χ3n) is 4.93. The van der Waals surface area contributed by atoms with E-state index < -0.39 is 0 Å². The molecule has 0 spiro atoms. The summed E-state index contributed by atoms with van der Waals surface area (Å²) in [6.07, 6.45) is 0. The number of piperazine rings is 1. The number of amides is 1. The molecular formula is C21H23ClN4O3S. The fraction of sp³-hybridized carbons (Fsp3) is 0.381. The molecule has 3 aromatic rings. The van der Waals surface area contributed by atoms with Crippen molar-refractivity contribution >= 4 is 28.8 Å². The number of rotatable bonds is 6. The first-order valence-corrected chi connectivity index (χ1v) is 11.0. The molecule has 9 heteroatoms. The van der Waals surface area contributed by atoms with Crippen LogP contribution in [0.3, 0.4) is 0 Å². The average Bonchev–Trinajstić information content (AvgIpc) is 3.32. The van der Waals surface area contributed by atoms with Crippen LogP contribution in [0.1, 0.15) is 31.8 Å². The van der Waals surface area contributed by atoms with Crippen molar-refractivity contribution in [1.29, 1.82) is 0 Å². The molecule has 1 fully saturated rings. The van der Waals surface area contributed by atoms with Crippen molar-refractivity contribution in [2.45, 2.75) is 27.0 Å². The van der Waals surface area contributed by atoms with Crippen LogP contribution in [-0.2, 0) is 13.2 Å². The molecule has 0 aliphatic carbocycles. The van der Waals surface area contributed by atoms with Gasteiger partial charge in [-0.3, -0.25) is 9.69 Å². The number of halogens is 1. The highest BCUT2D eigenvalue weighted by molar-refractivity contribution is 7.13. The van der Waals surface area contributed by atoms with Crippen molar-refractivity contribution in [3.8, 4) is 5.75 Å². The number of nitrogens with zero attached hydrogens (tertiary/aromatic N) is 4. The smallest absolute Gasteiger partial charge is 0.265 e. The number of carbonyl (C=O) groups excluding carboxylic acids is 1. The van der Waals surface area contributed by atoms with Crippen molar-refractivity contribution in [1.82, 2.24) is 19.9 Å². The molecule has 1 amide bonds. The molecule has 0 saturated carbocycles. The molecular weight excluding hydrogens is 424 g/mol. The quantitative estimate of drug-likeness (QED) is 0.571. The first-order valence-electron chi connectivity index (χ1n) is 9.76. The number of thiazole rings is 1. The Morgan fingerprint density at radius 1 is 1.20 bits per heavy atom. The Morgan fingerprint density at radius 3 is 2.60 bits per heavy atom. The minimum Gasteiger partial charge on any atom is -0.486 e. The van der Waals surface area contributed by atoms with E-state index in [1.807, 2.05) is 36.9 Å². The van der Waals surface area contributed by atoms with Gasteiger partial charge in [0.15, 0.2) is 5.76 Å². The Morgan fingerprint density at radius 2 is 1.93 bits per heavy atom. The van der Waals surface area contributed by atoms with Crippen molar-refractivity contribution in [3.63, 3.8) is 0 Å². The molecule has 0 bridgehead atoms. The van der Waals surface area contributed by atoms with Gasteiger partial charge in [0.05, 0.1) is 17.9 Å². The number of aryl methyl sites for hydroxylation is 2. The van der Waals surface area contributed by atoms with Crippen molar-refractivity contribution in [3.05, 3.63) is 62.4 Å². The van der Waals surface area contributed by atoms with E-state index in [0.29, 0.717) is 36.1 Å². The van der Waals surface area contributed by atoms with Gasteiger partial charge in [-0.15, -0.1) is 11.3 Å². The lowest BCUT2D eigenvalue weighted by Gasteiger charge is -2.34. The van der Waals surface area contributed by atoms with Crippen LogP contribution in [0, 0.1) is 13.8 Å². The summed E-state index contributed by atoms with van der Waals surface area (Å²) in [4.78, 5) is 22.4. The number of carbonyl (C=O) groups is 1. The summed E-state index contributed by atoms with van der Waals surface area (Å²) >= 11 is 7.29. The lowest BCUT2D eigenvalue weighted by molar-refractivity contribution is 0.0621. The highest BCUT2D eigenvalue weighted by Gasteiger charge is 2.26. The van der Waals surface area contributed by atoms with Crippen LogP contribution < -0.4 is 4.74 Å². The summed E-state index contributed by atoms with van der Waals surface area (Å²) in [5, 5.41) is 5.37. The Bertz CT molecular complexity index is 1010. The number of aromatic nitrogens is 2. The largest absolute Gasteiger partial charge is 0.486 e. The molecule has 0 radical (unpaired) electrons. The maximum Gasteiger partial charge on any atom is 0.265 e. The first kappa shape index (κ1) is 20.8. The van der Waals surface area contributed by atoms with Gasteiger partial charge in [0.1, 0.15) is 22.2 Å². The fourth-order valence-corrected chi connectivity index (χ4v) is 4.42. The summed E-state index contributed by atoms with van der Waals surface area (Å²) in [5.41, 5.74) is 1.63. The van der Waals surface area contributed by atoms with E-state index in [1.165, 1.54) is 11.3 Å². The maximum absolute atomic E-state index is 13.0. The van der Waals surface area contributed by atoms with E-state index in [-0.39, 0.29) is 5.91 Å². The SMILES string of the molecule is Cc1cc(CN2CCN(C(=O)c3sc(COc4ccc(Cl)cc4)nc3C)CC2)on1. The van der Waals surface area contributed by atoms with E-state index in [9.17, 15) is 4.79 Å². The zero-order valence-electron chi connectivity index (χ0n) is 16.9. The molecule has 1 aliphatic heterocycles. The lowest BCUT2D eigenvalue weighted by atomic mass is 10.2. The van der Waals surface area contributed by atoms with Gasteiger partial charge in [-0.25, -0.2) is 4.98 Å². The predicted molar refractivity (Wildman–Crippen MR) is 115 cm³/mol. The van der Waals surface area contributed by atoms with Crippen LogP contribution in [0.2, 0.25) is 5.02 Å². The number of hydrogen-bond acceptors (Lipinski definition) is 7. The lowest BCUT2D eigenvalue weighted by Crippen LogP contribution is -2.48. The Balaban J connectivity index is 1.31. The Hall–Kier alpha value is -2.42. The monoisotopic (exact) mass is 446 g/mol. The molecule has 158 valence electrons. The van der Waals surface area contributed by atoms with Gasteiger partial charge in [0, 0.05) is 37.3 Å². The number of hydrogen-bond donors (Lipinski definition) is 0. The first-order chi connectivity index (χ1) is 14.5. The molecule has 4 rings (SSSR count). The number of ether oxygens (including phenoxy) is 1. The van der Waals surface area contributed by atoms with Crippen molar-refractivity contribution in [2.24, 2.45) is 0 Å². The van der Waals surface area contributed by atoms with Gasteiger partial charge in [-0.1, -0.05) is 16.8 Å². The molecule has 1 saturated heterocycles. The van der Waals surface area contributed by atoms with E-state index in [2.05, 4.69) is 15.0 Å². The average molecular weight is 447 g/mol. The van der Waals surface area contributed by atoms with Gasteiger partial charge in [-0.2, -0.15) is 0 Å². The topological polar surface area (TPSA) is 71.7 Å². The zero-order valence-corrected chi connectivity index (χ0v) is 18.5. The second-order valence-corrected chi connectivity index (χ2v) is 8.79. The summed E-state index contributed by atoms with van der Waals surface area (Å²) in [6.45, 7) is 7.79. The van der Waals surface area contributed by atoms with Gasteiger partial charge in [0.2, 0.25) is 0 Å². The molecule has 1 aromatic carbocycles. The number of benzene rings is 1. The maximum atomic E-state index is 13.0. The second-order valence-electron chi connectivity index (χ2n) is 7.27. The summed E-state index contributed by atoms with van der Waals surface area (Å²) in [6, 6.07) is 9.14. The summed E-state index contributed by atoms with van der Waals surface area (Å²) < 4.78 is 11.0. The van der Waals surface area contributed by atoms with Crippen LogP contribution in [0.4, 0.5) is 0 Å². The van der Waals surface area contributed by atoms with Crippen LogP contribution in [-0.4, -0.2) is 52.0 Å². The summed E-state index contributed by atoms with van der Waals surface area (Å²) in [7, 11) is 0. The summed E-state index contributed by atoms with van der Waals surface area (Å²) in [5.74, 6) is 1.62. The van der Waals surface area contributed by atoms with Gasteiger partial charge in [-0.05, 0) is 38.1 Å². The standard InChI is InChI=1S/C21H23ClN4O3S/c1-14-11-18(29-24-14)12-25-7-9-26(10-8-25)21(27)20-15(2)23-19(30-20)13-28-17-5-3-16(22)4-6-17/h3-6,11H,7-10,12-13H2,1-2H3. The van der Waals surface area contributed by atoms with E-state index in [1.54, 1.807) is 12.1 Å². The van der Waals surface area contributed by atoms with E-state index in [0.717, 1.165) is 41.0 Å². The Labute approximate surface area is 184 Å². The van der Waals surface area contributed by atoms with Crippen LogP contribution in [0.15, 0.2) is 34.9 Å². The highest BCUT2D eigenvalue weighted by atomic mass is 35.5. The van der Waals surface area contributed by atoms with Crippen LogP contribution >= 0.6 is 22.9 Å². The molecule has 3 heterocycles. The third kappa shape index (κ3) is 5.00. The van der Waals surface area contributed by atoms with E-state index in [4.69, 9.17) is 20.9 Å². The Kier molecular flexibility index (Phi) is 6.36. The predicted octanol–water partition coefficient (Wildman–Crippen LogP) is 3.94. The highest BCUT2D eigenvalue weighted by Crippen LogP contribution is 2.23.